The van der Waals surface area contributed by atoms with Crippen molar-refractivity contribution in [2.75, 3.05) is 0 Å². The van der Waals surface area contributed by atoms with E-state index in [0.717, 1.165) is 18.9 Å². The van der Waals surface area contributed by atoms with E-state index in [9.17, 15) is 0 Å². The quantitative estimate of drug-likeness (QED) is 0.894. The van der Waals surface area contributed by atoms with E-state index in [4.69, 9.17) is 0 Å². The molecule has 0 aliphatic heterocycles. The number of hydrogen-bond donors (Lipinski definition) is 1. The molecule has 98 valence electrons. The van der Waals surface area contributed by atoms with Crippen molar-refractivity contribution in [3.63, 3.8) is 0 Å². The number of hydrogen-bond acceptors (Lipinski definition) is 3. The molecule has 0 aliphatic carbocycles. The fourth-order valence-corrected chi connectivity index (χ4v) is 1.70. The average molecular weight is 247 g/mol. The van der Waals surface area contributed by atoms with Gasteiger partial charge < -0.3 is 9.88 Å². The van der Waals surface area contributed by atoms with Crippen molar-refractivity contribution >= 4 is 0 Å². The molecule has 2 aromatic rings. The van der Waals surface area contributed by atoms with E-state index in [1.54, 1.807) is 0 Å². The maximum absolute atomic E-state index is 4.38. The molecule has 2 heterocycles. The Hall–Kier alpha value is -1.62. The minimum atomic E-state index is 0.0396. The van der Waals surface area contributed by atoms with E-state index in [-0.39, 0.29) is 5.54 Å². The van der Waals surface area contributed by atoms with E-state index in [2.05, 4.69) is 42.4 Å². The van der Waals surface area contributed by atoms with Gasteiger partial charge in [-0.1, -0.05) is 0 Å². The molecule has 0 aliphatic rings. The Morgan fingerprint density at radius 1 is 1.28 bits per heavy atom. The standard InChI is InChI=1S/C13H21N5/c1-13(2,3)18-10-11(8-16-18)7-14-9-12-15-5-6-17(12)4/h5-6,8,10,14H,7,9H2,1-4H3. The molecule has 0 saturated heterocycles. The Kier molecular flexibility index (Phi) is 3.52. The Bertz CT molecular complexity index is 503. The van der Waals surface area contributed by atoms with Crippen LogP contribution in [-0.4, -0.2) is 19.3 Å². The highest BCUT2D eigenvalue weighted by atomic mass is 15.3. The Morgan fingerprint density at radius 2 is 2.06 bits per heavy atom. The fourth-order valence-electron chi connectivity index (χ4n) is 1.70. The summed E-state index contributed by atoms with van der Waals surface area (Å²) in [5, 5.41) is 7.75. The minimum Gasteiger partial charge on any atom is -0.337 e. The van der Waals surface area contributed by atoms with Gasteiger partial charge in [-0.15, -0.1) is 0 Å². The van der Waals surface area contributed by atoms with Gasteiger partial charge in [-0.2, -0.15) is 5.10 Å². The molecule has 0 radical (unpaired) electrons. The topological polar surface area (TPSA) is 47.7 Å². The van der Waals surface area contributed by atoms with Crippen LogP contribution < -0.4 is 5.32 Å². The molecule has 0 saturated carbocycles. The molecule has 0 spiro atoms. The third kappa shape index (κ3) is 2.98. The predicted molar refractivity (Wildman–Crippen MR) is 71.0 cm³/mol. The molecule has 0 bridgehead atoms. The van der Waals surface area contributed by atoms with Gasteiger partial charge in [0.1, 0.15) is 5.82 Å². The highest BCUT2D eigenvalue weighted by Gasteiger charge is 2.13. The molecule has 0 atom stereocenters. The number of nitrogens with one attached hydrogen (secondary N) is 1. The van der Waals surface area contributed by atoms with E-state index in [1.165, 1.54) is 5.56 Å². The predicted octanol–water partition coefficient (Wildman–Crippen LogP) is 1.66. The van der Waals surface area contributed by atoms with Gasteiger partial charge in [0.2, 0.25) is 0 Å². The maximum Gasteiger partial charge on any atom is 0.122 e. The van der Waals surface area contributed by atoms with Gasteiger partial charge in [-0.3, -0.25) is 4.68 Å². The third-order valence-corrected chi connectivity index (χ3v) is 2.86. The Morgan fingerprint density at radius 3 is 2.61 bits per heavy atom. The van der Waals surface area contributed by atoms with Crippen LogP contribution in [0.5, 0.6) is 0 Å². The molecule has 0 unspecified atom stereocenters. The number of aryl methyl sites for hydroxylation is 1. The molecule has 18 heavy (non-hydrogen) atoms. The lowest BCUT2D eigenvalue weighted by Crippen LogP contribution is -2.22. The molecule has 5 heteroatoms. The lowest BCUT2D eigenvalue weighted by molar-refractivity contribution is 0.355. The molecule has 2 aromatic heterocycles. The molecule has 0 fully saturated rings. The van der Waals surface area contributed by atoms with Crippen molar-refractivity contribution in [1.82, 2.24) is 24.6 Å². The number of aromatic nitrogens is 4. The molecule has 5 nitrogen and oxygen atoms in total. The van der Waals surface area contributed by atoms with Crippen molar-refractivity contribution in [1.29, 1.82) is 0 Å². The van der Waals surface area contributed by atoms with Crippen LogP contribution in [0.15, 0.2) is 24.8 Å². The first kappa shape index (κ1) is 12.8. The monoisotopic (exact) mass is 247 g/mol. The summed E-state index contributed by atoms with van der Waals surface area (Å²) >= 11 is 0. The van der Waals surface area contributed by atoms with Crippen LogP contribution in [0.25, 0.3) is 0 Å². The molecule has 0 aromatic carbocycles. The van der Waals surface area contributed by atoms with Gasteiger partial charge in [0.15, 0.2) is 0 Å². The number of rotatable bonds is 4. The lowest BCUT2D eigenvalue weighted by Gasteiger charge is -2.18. The summed E-state index contributed by atoms with van der Waals surface area (Å²) < 4.78 is 4.01. The zero-order valence-electron chi connectivity index (χ0n) is 11.5. The second kappa shape index (κ2) is 4.94. The highest BCUT2D eigenvalue weighted by molar-refractivity contribution is 5.05. The minimum absolute atomic E-state index is 0.0396. The second-order valence-electron chi connectivity index (χ2n) is 5.52. The van der Waals surface area contributed by atoms with Crippen LogP contribution >= 0.6 is 0 Å². The zero-order valence-corrected chi connectivity index (χ0v) is 11.5. The van der Waals surface area contributed by atoms with Crippen LogP contribution in [0.1, 0.15) is 32.2 Å². The summed E-state index contributed by atoms with van der Waals surface area (Å²) in [4.78, 5) is 4.27. The fraction of sp³-hybridized carbons (Fsp3) is 0.538. The van der Waals surface area contributed by atoms with Crippen molar-refractivity contribution in [2.45, 2.75) is 39.4 Å². The Balaban J connectivity index is 1.88. The van der Waals surface area contributed by atoms with E-state index in [1.807, 2.05) is 34.9 Å². The SMILES string of the molecule is Cn1ccnc1CNCc1cnn(C(C)(C)C)c1. The van der Waals surface area contributed by atoms with Gasteiger partial charge in [0.25, 0.3) is 0 Å². The molecular weight excluding hydrogens is 226 g/mol. The molecule has 0 amide bonds. The number of imidazole rings is 1. The molecule has 1 N–H and O–H groups in total. The zero-order chi connectivity index (χ0) is 13.2. The Labute approximate surface area is 108 Å². The molecular formula is C13H21N5. The molecule has 2 rings (SSSR count). The van der Waals surface area contributed by atoms with Crippen molar-refractivity contribution in [2.24, 2.45) is 7.05 Å². The van der Waals surface area contributed by atoms with Gasteiger partial charge in [-0.05, 0) is 20.8 Å². The van der Waals surface area contributed by atoms with Gasteiger partial charge in [0.05, 0.1) is 18.3 Å². The smallest absolute Gasteiger partial charge is 0.122 e. The van der Waals surface area contributed by atoms with Crippen molar-refractivity contribution < 1.29 is 0 Å². The van der Waals surface area contributed by atoms with Crippen LogP contribution in [-0.2, 0) is 25.7 Å². The first-order valence-corrected chi connectivity index (χ1v) is 6.18. The van der Waals surface area contributed by atoms with Crippen LogP contribution in [0.2, 0.25) is 0 Å². The van der Waals surface area contributed by atoms with E-state index < -0.39 is 0 Å². The number of nitrogens with zero attached hydrogens (tertiary/aromatic N) is 4. The largest absolute Gasteiger partial charge is 0.337 e. The maximum atomic E-state index is 4.38. The van der Waals surface area contributed by atoms with E-state index in [0.29, 0.717) is 0 Å². The van der Waals surface area contributed by atoms with Crippen LogP contribution in [0, 0.1) is 0 Å². The summed E-state index contributed by atoms with van der Waals surface area (Å²) in [6, 6.07) is 0. The van der Waals surface area contributed by atoms with Crippen LogP contribution in [0.4, 0.5) is 0 Å². The summed E-state index contributed by atoms with van der Waals surface area (Å²) in [7, 11) is 2.00. The first-order valence-electron chi connectivity index (χ1n) is 6.18. The summed E-state index contributed by atoms with van der Waals surface area (Å²) in [6.07, 6.45) is 7.77. The van der Waals surface area contributed by atoms with Gasteiger partial charge in [0, 0.05) is 37.7 Å². The normalized spacial score (nSPS) is 12.0. The van der Waals surface area contributed by atoms with E-state index >= 15 is 0 Å². The van der Waals surface area contributed by atoms with Gasteiger partial charge in [-0.25, -0.2) is 4.98 Å². The summed E-state index contributed by atoms with van der Waals surface area (Å²) in [5.41, 5.74) is 1.23. The first-order chi connectivity index (χ1) is 8.47. The van der Waals surface area contributed by atoms with Crippen molar-refractivity contribution in [3.05, 3.63) is 36.2 Å². The summed E-state index contributed by atoms with van der Waals surface area (Å²) in [6.45, 7) is 8.01. The van der Waals surface area contributed by atoms with Crippen molar-refractivity contribution in [3.8, 4) is 0 Å². The second-order valence-corrected chi connectivity index (χ2v) is 5.52. The van der Waals surface area contributed by atoms with Crippen LogP contribution in [0.3, 0.4) is 0 Å². The highest BCUT2D eigenvalue weighted by Crippen LogP contribution is 2.13. The van der Waals surface area contributed by atoms with Gasteiger partial charge >= 0.3 is 0 Å². The lowest BCUT2D eigenvalue weighted by atomic mass is 10.1. The average Bonchev–Trinajstić information content (AvgIpc) is 2.88. The summed E-state index contributed by atoms with van der Waals surface area (Å²) in [5.74, 6) is 1.04. The third-order valence-electron chi connectivity index (χ3n) is 2.86.